The van der Waals surface area contributed by atoms with E-state index >= 15 is 0 Å². The van der Waals surface area contributed by atoms with E-state index in [1.54, 1.807) is 63.2 Å². The van der Waals surface area contributed by atoms with Gasteiger partial charge in [-0.15, -0.1) is 0 Å². The molecule has 0 radical (unpaired) electrons. The summed E-state index contributed by atoms with van der Waals surface area (Å²) in [7, 11) is 0. The summed E-state index contributed by atoms with van der Waals surface area (Å²) in [5, 5.41) is 2.59. The summed E-state index contributed by atoms with van der Waals surface area (Å²) in [5.41, 5.74) is 4.51. The molecule has 0 aromatic heterocycles. The molecule has 23 heteroatoms. The first-order chi connectivity index (χ1) is 41.6. The Balaban J connectivity index is 0.000000509. The Morgan fingerprint density at radius 1 is 0.300 bits per heavy atom. The molecule has 9 aromatic carbocycles. The molecule has 0 aliphatic heterocycles. The SMILES string of the molecule is Cc1cc(C(F)(F)F)ccc1C(F)(F)F.Cc1cccc(Br)c1Cl.Cc1cccc(Br)c1F.Cc1cccc(Cl)c1Br.Cc1cccc(Cl)c1C.Cc1cccc(Cl)c1C(F)(F)F.Cc1cccc(Cl)c1F.Cc1cccc(F)c1Br.Cc1cccc(F)c1Cl. The molecule has 0 unspecified atom stereocenters. The molecule has 0 amide bonds. The Kier molecular flexibility index (Phi) is 37.3. The lowest BCUT2D eigenvalue weighted by Crippen LogP contribution is -2.10. The molecule has 0 aliphatic carbocycles. The van der Waals surface area contributed by atoms with Crippen molar-refractivity contribution in [1.82, 2.24) is 0 Å². The lowest BCUT2D eigenvalue weighted by atomic mass is 10.0. The van der Waals surface area contributed by atoms with Gasteiger partial charge in [0.15, 0.2) is 0 Å². The Morgan fingerprint density at radius 2 is 0.689 bits per heavy atom. The van der Waals surface area contributed by atoms with Crippen LogP contribution in [0.3, 0.4) is 0 Å². The van der Waals surface area contributed by atoms with Crippen LogP contribution in [0, 0.1) is 92.5 Å². The fraction of sp³-hybridized carbons (Fsp3) is 0.194. The molecule has 0 saturated heterocycles. The first-order valence-corrected chi connectivity index (χ1v) is 31.2. The predicted molar refractivity (Wildman–Crippen MR) is 361 cm³/mol. The number of halogens is 23. The highest BCUT2D eigenvalue weighted by molar-refractivity contribution is 9.11. The van der Waals surface area contributed by atoms with Gasteiger partial charge < -0.3 is 0 Å². The minimum absolute atomic E-state index is 0.148. The maximum Gasteiger partial charge on any atom is 0.418 e. The van der Waals surface area contributed by atoms with Gasteiger partial charge in [-0.2, -0.15) is 39.5 Å². The zero-order valence-electron chi connectivity index (χ0n) is 49.3. The van der Waals surface area contributed by atoms with Gasteiger partial charge in [-0.05, 0) is 255 Å². The van der Waals surface area contributed by atoms with E-state index in [0.29, 0.717) is 38.3 Å². The summed E-state index contributed by atoms with van der Waals surface area (Å²) >= 11 is 46.6. The lowest BCUT2D eigenvalue weighted by molar-refractivity contribution is -0.141. The van der Waals surface area contributed by atoms with Crippen molar-refractivity contribution < 1.29 is 57.1 Å². The standard InChI is InChI=1S/C9H6F6.C8H6ClF3.C8H9Cl.2C7H6BrCl.2C7H6BrF.2C7H6ClF/c1-5-4-6(8(10,11)12)2-3-7(5)9(13,14)15;1-5-3-2-4-6(9)7(5)8(10,11)12;1-6-4-3-5-8(9)7(6)2;1-5-3-2-4-6(9)7(5)8;1-5-3-2-4-6(8)7(5)9;1-5-3-2-4-6(9)7(5)8;1-5-3-2-4-6(8)7(5)9;1-5-3-2-4-6(9)7(5)8;1-5-3-2-4-6(8)7(5)9/h2-4H,1H3;2-4H,1H3;3-5H,1-2H3;6*2-4H,1H3. The van der Waals surface area contributed by atoms with Crippen LogP contribution >= 0.6 is 133 Å². The van der Waals surface area contributed by atoms with Crippen molar-refractivity contribution >= 4 is 133 Å². The topological polar surface area (TPSA) is 0 Å². The van der Waals surface area contributed by atoms with E-state index < -0.39 is 40.8 Å². The summed E-state index contributed by atoms with van der Waals surface area (Å²) in [4.78, 5) is 0. The molecule has 0 heterocycles. The minimum Gasteiger partial charge on any atom is -0.206 e. The lowest BCUT2D eigenvalue weighted by Gasteiger charge is -2.12. The molecule has 9 rings (SSSR count). The zero-order chi connectivity index (χ0) is 69.2. The van der Waals surface area contributed by atoms with Crippen molar-refractivity contribution in [2.75, 3.05) is 0 Å². The molecular formula is C67H57Br4Cl6F13. The number of benzene rings is 9. The van der Waals surface area contributed by atoms with Gasteiger partial charge in [-0.25, -0.2) is 17.6 Å². The van der Waals surface area contributed by atoms with Crippen LogP contribution in [0.1, 0.15) is 72.3 Å². The van der Waals surface area contributed by atoms with Crippen molar-refractivity contribution in [1.29, 1.82) is 0 Å². The van der Waals surface area contributed by atoms with Crippen LogP contribution in [0.5, 0.6) is 0 Å². The van der Waals surface area contributed by atoms with E-state index in [2.05, 4.69) is 76.7 Å². The van der Waals surface area contributed by atoms with E-state index in [1.165, 1.54) is 60.0 Å². The highest BCUT2D eigenvalue weighted by Crippen LogP contribution is 2.38. The number of alkyl halides is 9. The smallest absolute Gasteiger partial charge is 0.206 e. The Labute approximate surface area is 580 Å². The van der Waals surface area contributed by atoms with Crippen LogP contribution in [-0.2, 0) is 18.5 Å². The fourth-order valence-corrected chi connectivity index (χ4v) is 9.24. The van der Waals surface area contributed by atoms with Gasteiger partial charge >= 0.3 is 18.5 Å². The van der Waals surface area contributed by atoms with Crippen molar-refractivity contribution in [3.8, 4) is 0 Å². The second-order valence-corrected chi connectivity index (χ2v) is 24.5. The number of hydrogen-bond acceptors (Lipinski definition) is 0. The molecule has 486 valence electrons. The molecule has 0 bridgehead atoms. The Morgan fingerprint density at radius 3 is 1.01 bits per heavy atom. The van der Waals surface area contributed by atoms with Gasteiger partial charge in [0.1, 0.15) is 23.3 Å². The van der Waals surface area contributed by atoms with E-state index in [-0.39, 0.29) is 43.9 Å². The Bertz CT molecular complexity index is 3080. The maximum absolute atomic E-state index is 12.7. The van der Waals surface area contributed by atoms with Crippen LogP contribution in [0.2, 0.25) is 30.1 Å². The molecule has 0 aliphatic rings. The third-order valence-electron chi connectivity index (χ3n) is 11.8. The van der Waals surface area contributed by atoms with Gasteiger partial charge in [0, 0.05) is 14.0 Å². The molecule has 0 saturated carbocycles. The monoisotopic (exact) mass is 1630 g/mol. The van der Waals surface area contributed by atoms with Gasteiger partial charge in [-0.3, -0.25) is 0 Å². The van der Waals surface area contributed by atoms with Crippen molar-refractivity contribution in [3.63, 3.8) is 0 Å². The largest absolute Gasteiger partial charge is 0.418 e. The molecule has 0 spiro atoms. The number of rotatable bonds is 0. The molecule has 0 N–H and O–H groups in total. The van der Waals surface area contributed by atoms with E-state index in [9.17, 15) is 57.1 Å². The van der Waals surface area contributed by atoms with Crippen LogP contribution in [-0.4, -0.2) is 0 Å². The van der Waals surface area contributed by atoms with E-state index in [4.69, 9.17) is 69.6 Å². The van der Waals surface area contributed by atoms with Crippen LogP contribution in [0.25, 0.3) is 0 Å². The first-order valence-electron chi connectivity index (χ1n) is 25.8. The minimum atomic E-state index is -4.62. The quantitative estimate of drug-likeness (QED) is 0.133. The number of aryl methyl sites for hydroxylation is 9. The van der Waals surface area contributed by atoms with Gasteiger partial charge in [0.2, 0.25) is 0 Å². The summed E-state index contributed by atoms with van der Waals surface area (Å²) in [6, 6.07) is 42.9. The molecule has 90 heavy (non-hydrogen) atoms. The number of hydrogen-bond donors (Lipinski definition) is 0. The second-order valence-electron chi connectivity index (χ2n) is 18.9. The van der Waals surface area contributed by atoms with Gasteiger partial charge in [-0.1, -0.05) is 167 Å². The van der Waals surface area contributed by atoms with Crippen molar-refractivity contribution in [2.24, 2.45) is 0 Å². The normalized spacial score (nSPS) is 10.5. The summed E-state index contributed by atoms with van der Waals surface area (Å²) in [6.45, 7) is 17.5. The average molecular weight is 1640 g/mol. The highest BCUT2D eigenvalue weighted by atomic mass is 79.9. The second kappa shape index (κ2) is 40.1. The third kappa shape index (κ3) is 29.8. The predicted octanol–water partition coefficient (Wildman–Crippen LogP) is 28.8. The summed E-state index contributed by atoms with van der Waals surface area (Å²) in [6.07, 6.45) is -13.6. The van der Waals surface area contributed by atoms with Crippen LogP contribution in [0.4, 0.5) is 57.1 Å². The molecule has 0 atom stereocenters. The van der Waals surface area contributed by atoms with Gasteiger partial charge in [0.25, 0.3) is 0 Å². The molecular weight excluding hydrogens is 1580 g/mol. The summed E-state index contributed by atoms with van der Waals surface area (Å²) in [5.74, 6) is -1.04. The highest BCUT2D eigenvalue weighted by Gasteiger charge is 2.36. The Hall–Kier alpha value is -4.27. The van der Waals surface area contributed by atoms with E-state index in [1.807, 2.05) is 88.4 Å². The van der Waals surface area contributed by atoms with Gasteiger partial charge in [0.05, 0.1) is 50.7 Å². The molecule has 9 aromatic rings. The van der Waals surface area contributed by atoms with Crippen molar-refractivity contribution in [3.05, 3.63) is 307 Å². The zero-order valence-corrected chi connectivity index (χ0v) is 60.2. The maximum atomic E-state index is 12.7. The van der Waals surface area contributed by atoms with E-state index in [0.717, 1.165) is 47.6 Å². The third-order valence-corrected chi connectivity index (χ3v) is 17.9. The molecule has 0 fully saturated rings. The van der Waals surface area contributed by atoms with Crippen LogP contribution in [0.15, 0.2) is 182 Å². The first kappa shape index (κ1) is 83.7. The van der Waals surface area contributed by atoms with Crippen molar-refractivity contribution in [2.45, 2.75) is 87.8 Å². The van der Waals surface area contributed by atoms with Crippen LogP contribution < -0.4 is 0 Å². The fourth-order valence-electron chi connectivity index (χ4n) is 6.53. The molecule has 0 nitrogen and oxygen atoms in total. The average Bonchev–Trinajstić information content (AvgIpc) is 2.87. The summed E-state index contributed by atoms with van der Waals surface area (Å²) < 4.78 is 163.